The number of carbonyl (C=O) groups is 2. The second kappa shape index (κ2) is 8.88. The maximum atomic E-state index is 13.3. The summed E-state index contributed by atoms with van der Waals surface area (Å²) in [6.07, 6.45) is 0. The van der Waals surface area contributed by atoms with Crippen LogP contribution >= 0.6 is 0 Å². The van der Waals surface area contributed by atoms with Crippen molar-refractivity contribution in [3.63, 3.8) is 0 Å². The second-order valence-electron chi connectivity index (χ2n) is 7.38. The zero-order valence-electron chi connectivity index (χ0n) is 17.6. The van der Waals surface area contributed by atoms with Crippen LogP contribution in [0.15, 0.2) is 84.6 Å². The molecule has 0 unspecified atom stereocenters. The molecule has 0 aromatic heterocycles. The summed E-state index contributed by atoms with van der Waals surface area (Å²) >= 11 is 0. The van der Waals surface area contributed by atoms with Crippen molar-refractivity contribution in [3.05, 3.63) is 101 Å². The van der Waals surface area contributed by atoms with Crippen LogP contribution in [0, 0.1) is 6.92 Å². The van der Waals surface area contributed by atoms with Gasteiger partial charge in [0.05, 0.1) is 18.7 Å². The van der Waals surface area contributed by atoms with Crippen LogP contribution in [0.2, 0.25) is 0 Å². The summed E-state index contributed by atoms with van der Waals surface area (Å²) in [6.45, 7) is 4.68. The lowest BCUT2D eigenvalue weighted by Gasteiger charge is -2.16. The maximum Gasteiger partial charge on any atom is 0.278 e. The molecule has 5 heteroatoms. The Hall–Kier alpha value is -3.86. The number of rotatable bonds is 7. The van der Waals surface area contributed by atoms with E-state index in [0.29, 0.717) is 29.2 Å². The van der Waals surface area contributed by atoms with E-state index in [1.165, 1.54) is 4.90 Å². The SMILES string of the molecule is CCOc1cccc(NC2=C(c3ccccc3)C(=O)N(Cc3ccc(C)cc3)C2=O)c1. The van der Waals surface area contributed by atoms with Gasteiger partial charge in [-0.2, -0.15) is 0 Å². The normalized spacial score (nSPS) is 13.7. The first-order chi connectivity index (χ1) is 15.1. The van der Waals surface area contributed by atoms with Crippen molar-refractivity contribution in [1.29, 1.82) is 0 Å². The molecule has 3 aromatic rings. The molecule has 1 aliphatic rings. The third kappa shape index (κ3) is 4.36. The number of amides is 2. The van der Waals surface area contributed by atoms with Crippen molar-refractivity contribution in [1.82, 2.24) is 4.90 Å². The number of ether oxygens (including phenoxy) is 1. The minimum Gasteiger partial charge on any atom is -0.494 e. The summed E-state index contributed by atoms with van der Waals surface area (Å²) in [6, 6.07) is 24.5. The summed E-state index contributed by atoms with van der Waals surface area (Å²) in [7, 11) is 0. The molecule has 4 rings (SSSR count). The van der Waals surface area contributed by atoms with E-state index in [4.69, 9.17) is 4.74 Å². The zero-order chi connectivity index (χ0) is 21.8. The monoisotopic (exact) mass is 412 g/mol. The molecule has 31 heavy (non-hydrogen) atoms. The van der Waals surface area contributed by atoms with Gasteiger partial charge in [-0.05, 0) is 37.1 Å². The maximum absolute atomic E-state index is 13.3. The number of hydrogen-bond acceptors (Lipinski definition) is 4. The average molecular weight is 412 g/mol. The van der Waals surface area contributed by atoms with Crippen molar-refractivity contribution in [2.45, 2.75) is 20.4 Å². The Balaban J connectivity index is 1.70. The third-order valence-electron chi connectivity index (χ3n) is 5.11. The Bertz CT molecular complexity index is 1130. The lowest BCUT2D eigenvalue weighted by molar-refractivity contribution is -0.137. The van der Waals surface area contributed by atoms with Gasteiger partial charge in [0.25, 0.3) is 11.8 Å². The van der Waals surface area contributed by atoms with E-state index >= 15 is 0 Å². The van der Waals surface area contributed by atoms with Gasteiger partial charge in [0.1, 0.15) is 11.4 Å². The molecule has 1 heterocycles. The van der Waals surface area contributed by atoms with Crippen LogP contribution in [0.4, 0.5) is 5.69 Å². The van der Waals surface area contributed by atoms with Gasteiger partial charge in [-0.3, -0.25) is 14.5 Å². The molecule has 2 amide bonds. The molecule has 0 aliphatic carbocycles. The molecule has 0 saturated carbocycles. The number of aryl methyl sites for hydroxylation is 1. The van der Waals surface area contributed by atoms with Crippen molar-refractivity contribution < 1.29 is 14.3 Å². The molecule has 1 aliphatic heterocycles. The van der Waals surface area contributed by atoms with Gasteiger partial charge < -0.3 is 10.1 Å². The summed E-state index contributed by atoms with van der Waals surface area (Å²) in [4.78, 5) is 28.0. The van der Waals surface area contributed by atoms with Gasteiger partial charge in [0, 0.05) is 11.8 Å². The highest BCUT2D eigenvalue weighted by molar-refractivity contribution is 6.36. The highest BCUT2D eigenvalue weighted by atomic mass is 16.5. The van der Waals surface area contributed by atoms with E-state index in [0.717, 1.165) is 11.1 Å². The van der Waals surface area contributed by atoms with Crippen LogP contribution in [-0.4, -0.2) is 23.3 Å². The molecule has 1 N–H and O–H groups in total. The van der Waals surface area contributed by atoms with Gasteiger partial charge in [-0.1, -0.05) is 66.2 Å². The highest BCUT2D eigenvalue weighted by Gasteiger charge is 2.39. The lowest BCUT2D eigenvalue weighted by atomic mass is 10.0. The van der Waals surface area contributed by atoms with Crippen LogP contribution in [0.25, 0.3) is 5.57 Å². The van der Waals surface area contributed by atoms with Crippen LogP contribution in [-0.2, 0) is 16.1 Å². The molecule has 0 spiro atoms. The van der Waals surface area contributed by atoms with Crippen LogP contribution in [0.5, 0.6) is 5.75 Å². The quantitative estimate of drug-likeness (QED) is 0.567. The fourth-order valence-electron chi connectivity index (χ4n) is 3.56. The van der Waals surface area contributed by atoms with Gasteiger partial charge >= 0.3 is 0 Å². The largest absolute Gasteiger partial charge is 0.494 e. The predicted octanol–water partition coefficient (Wildman–Crippen LogP) is 4.79. The summed E-state index contributed by atoms with van der Waals surface area (Å²) in [5, 5.41) is 3.18. The van der Waals surface area contributed by atoms with E-state index in [9.17, 15) is 9.59 Å². The minimum absolute atomic E-state index is 0.221. The number of benzene rings is 3. The predicted molar refractivity (Wildman–Crippen MR) is 121 cm³/mol. The van der Waals surface area contributed by atoms with Gasteiger partial charge in [-0.25, -0.2) is 0 Å². The van der Waals surface area contributed by atoms with E-state index in [1.807, 2.05) is 92.7 Å². The fourth-order valence-corrected chi connectivity index (χ4v) is 3.56. The average Bonchev–Trinajstić information content (AvgIpc) is 3.00. The molecule has 156 valence electrons. The number of nitrogens with zero attached hydrogens (tertiary/aromatic N) is 1. The molecular weight excluding hydrogens is 388 g/mol. The summed E-state index contributed by atoms with van der Waals surface area (Å²) < 4.78 is 5.56. The molecule has 0 radical (unpaired) electrons. The molecule has 0 bridgehead atoms. The highest BCUT2D eigenvalue weighted by Crippen LogP contribution is 2.32. The Morgan fingerprint density at radius 3 is 2.32 bits per heavy atom. The zero-order valence-corrected chi connectivity index (χ0v) is 17.6. The van der Waals surface area contributed by atoms with E-state index in [-0.39, 0.29) is 24.1 Å². The first kappa shape index (κ1) is 20.4. The Morgan fingerprint density at radius 2 is 1.61 bits per heavy atom. The first-order valence-corrected chi connectivity index (χ1v) is 10.3. The first-order valence-electron chi connectivity index (χ1n) is 10.3. The smallest absolute Gasteiger partial charge is 0.278 e. The number of carbonyl (C=O) groups excluding carboxylic acids is 2. The van der Waals surface area contributed by atoms with Crippen molar-refractivity contribution in [2.75, 3.05) is 11.9 Å². The Labute approximate surface area is 182 Å². The molecule has 5 nitrogen and oxygen atoms in total. The third-order valence-corrected chi connectivity index (χ3v) is 5.11. The number of hydrogen-bond donors (Lipinski definition) is 1. The van der Waals surface area contributed by atoms with E-state index in [1.54, 1.807) is 0 Å². The lowest BCUT2D eigenvalue weighted by Crippen LogP contribution is -2.32. The minimum atomic E-state index is -0.341. The van der Waals surface area contributed by atoms with Gasteiger partial charge in [0.15, 0.2) is 0 Å². The Kier molecular flexibility index (Phi) is 5.85. The van der Waals surface area contributed by atoms with Crippen LogP contribution in [0.3, 0.4) is 0 Å². The van der Waals surface area contributed by atoms with Crippen LogP contribution in [0.1, 0.15) is 23.6 Å². The van der Waals surface area contributed by atoms with Crippen molar-refractivity contribution >= 4 is 23.1 Å². The molecule has 0 saturated heterocycles. The number of anilines is 1. The Morgan fingerprint density at radius 1 is 0.871 bits per heavy atom. The van der Waals surface area contributed by atoms with Crippen molar-refractivity contribution in [2.24, 2.45) is 0 Å². The number of nitrogens with one attached hydrogen (secondary N) is 1. The molecule has 3 aromatic carbocycles. The van der Waals surface area contributed by atoms with Gasteiger partial charge in [-0.15, -0.1) is 0 Å². The molecule has 0 atom stereocenters. The van der Waals surface area contributed by atoms with E-state index in [2.05, 4.69) is 5.32 Å². The number of imide groups is 1. The summed E-state index contributed by atoms with van der Waals surface area (Å²) in [5.74, 6) is 0.0501. The summed E-state index contributed by atoms with van der Waals surface area (Å²) in [5.41, 5.74) is 4.07. The topological polar surface area (TPSA) is 58.6 Å². The standard InChI is InChI=1S/C26H24N2O3/c1-3-31-22-11-7-10-21(16-22)27-24-23(20-8-5-4-6-9-20)25(29)28(26(24)30)17-19-14-12-18(2)13-15-19/h4-16,27H,3,17H2,1-2H3. The van der Waals surface area contributed by atoms with Crippen molar-refractivity contribution in [3.8, 4) is 5.75 Å². The fraction of sp³-hybridized carbons (Fsp3) is 0.154. The van der Waals surface area contributed by atoms with Crippen LogP contribution < -0.4 is 10.1 Å². The van der Waals surface area contributed by atoms with Gasteiger partial charge in [0.2, 0.25) is 0 Å². The van der Waals surface area contributed by atoms with E-state index < -0.39 is 0 Å². The molecule has 0 fully saturated rings. The molecular formula is C26H24N2O3. The second-order valence-corrected chi connectivity index (χ2v) is 7.38.